The number of rotatable bonds is 6. The van der Waals surface area contributed by atoms with E-state index in [4.69, 9.17) is 4.74 Å². The van der Waals surface area contributed by atoms with E-state index in [0.717, 1.165) is 25.9 Å². The van der Waals surface area contributed by atoms with Crippen LogP contribution in [0.4, 0.5) is 0 Å². The molecule has 0 aromatic rings. The van der Waals surface area contributed by atoms with Crippen LogP contribution in [0.2, 0.25) is 0 Å². The Kier molecular flexibility index (Phi) is 5.06. The van der Waals surface area contributed by atoms with Gasteiger partial charge in [-0.1, -0.05) is 23.3 Å². The molecule has 1 N–H and O–H groups in total. The van der Waals surface area contributed by atoms with Crippen molar-refractivity contribution in [2.75, 3.05) is 6.61 Å². The fourth-order valence-corrected chi connectivity index (χ4v) is 1.54. The van der Waals surface area contributed by atoms with Crippen molar-refractivity contribution in [2.45, 2.75) is 52.2 Å². The highest BCUT2D eigenvalue weighted by Crippen LogP contribution is 2.17. The topological polar surface area (TPSA) is 32.8 Å². The van der Waals surface area contributed by atoms with E-state index in [-0.39, 0.29) is 6.10 Å². The van der Waals surface area contributed by atoms with Gasteiger partial charge in [0.2, 0.25) is 0 Å². The van der Waals surface area contributed by atoms with E-state index < -0.39 is 0 Å². The molecular formula is C13H22O2. The van der Waals surface area contributed by atoms with Crippen LogP contribution in [0.5, 0.6) is 0 Å². The van der Waals surface area contributed by atoms with Crippen LogP contribution >= 0.6 is 0 Å². The minimum absolute atomic E-state index is 0.307. The largest absolute Gasteiger partial charge is 0.389 e. The van der Waals surface area contributed by atoms with Crippen LogP contribution in [0, 0.1) is 0 Å². The SMILES string of the molecule is CC(C)=CCCC(C)=CC(O)CC1CO1. The number of hydrogen-bond acceptors (Lipinski definition) is 2. The fourth-order valence-electron chi connectivity index (χ4n) is 1.54. The molecule has 0 aliphatic carbocycles. The van der Waals surface area contributed by atoms with Crippen molar-refractivity contribution in [3.63, 3.8) is 0 Å². The molecule has 2 atom stereocenters. The second-order valence-corrected chi connectivity index (χ2v) is 4.59. The van der Waals surface area contributed by atoms with Gasteiger partial charge in [0, 0.05) is 6.42 Å². The summed E-state index contributed by atoms with van der Waals surface area (Å²) in [6.45, 7) is 7.12. The molecule has 0 bridgehead atoms. The van der Waals surface area contributed by atoms with Crippen molar-refractivity contribution in [3.05, 3.63) is 23.3 Å². The monoisotopic (exact) mass is 210 g/mol. The summed E-state index contributed by atoms with van der Waals surface area (Å²) in [5, 5.41) is 9.67. The van der Waals surface area contributed by atoms with Crippen molar-refractivity contribution in [2.24, 2.45) is 0 Å². The fraction of sp³-hybridized carbons (Fsp3) is 0.692. The normalized spacial score (nSPS) is 22.4. The Morgan fingerprint density at radius 3 is 2.67 bits per heavy atom. The van der Waals surface area contributed by atoms with Crippen molar-refractivity contribution in [1.82, 2.24) is 0 Å². The summed E-state index contributed by atoms with van der Waals surface area (Å²) in [4.78, 5) is 0. The van der Waals surface area contributed by atoms with E-state index in [1.54, 1.807) is 0 Å². The van der Waals surface area contributed by atoms with Crippen molar-refractivity contribution < 1.29 is 9.84 Å². The number of aliphatic hydroxyl groups is 1. The second-order valence-electron chi connectivity index (χ2n) is 4.59. The zero-order chi connectivity index (χ0) is 11.3. The zero-order valence-electron chi connectivity index (χ0n) is 9.99. The summed E-state index contributed by atoms with van der Waals surface area (Å²) in [7, 11) is 0. The Morgan fingerprint density at radius 1 is 1.47 bits per heavy atom. The molecule has 15 heavy (non-hydrogen) atoms. The minimum atomic E-state index is -0.329. The van der Waals surface area contributed by atoms with Crippen LogP contribution in [-0.4, -0.2) is 23.9 Å². The maximum Gasteiger partial charge on any atom is 0.0837 e. The van der Waals surface area contributed by atoms with Crippen molar-refractivity contribution >= 4 is 0 Å². The Hall–Kier alpha value is -0.600. The van der Waals surface area contributed by atoms with E-state index in [9.17, 15) is 5.11 Å². The molecule has 1 aliphatic rings. The summed E-state index contributed by atoms with van der Waals surface area (Å²) >= 11 is 0. The Morgan fingerprint density at radius 2 is 2.13 bits per heavy atom. The van der Waals surface area contributed by atoms with Crippen LogP contribution in [0.25, 0.3) is 0 Å². The quantitative estimate of drug-likeness (QED) is 0.540. The molecule has 2 heteroatoms. The predicted molar refractivity (Wildman–Crippen MR) is 62.8 cm³/mol. The zero-order valence-corrected chi connectivity index (χ0v) is 9.99. The Labute approximate surface area is 92.6 Å². The van der Waals surface area contributed by atoms with Gasteiger partial charge >= 0.3 is 0 Å². The highest BCUT2D eigenvalue weighted by Gasteiger charge is 2.24. The summed E-state index contributed by atoms with van der Waals surface area (Å²) < 4.78 is 5.07. The lowest BCUT2D eigenvalue weighted by Crippen LogP contribution is -2.06. The molecule has 0 aromatic heterocycles. The van der Waals surface area contributed by atoms with Gasteiger partial charge in [-0.05, 0) is 33.6 Å². The van der Waals surface area contributed by atoms with Crippen LogP contribution in [0.1, 0.15) is 40.0 Å². The van der Waals surface area contributed by atoms with E-state index in [2.05, 4.69) is 26.8 Å². The third-order valence-electron chi connectivity index (χ3n) is 2.47. The van der Waals surface area contributed by atoms with Gasteiger partial charge in [-0.25, -0.2) is 0 Å². The first-order valence-electron chi connectivity index (χ1n) is 5.68. The Bertz CT molecular complexity index is 245. The molecule has 1 aliphatic heterocycles. The van der Waals surface area contributed by atoms with Gasteiger partial charge in [-0.2, -0.15) is 0 Å². The van der Waals surface area contributed by atoms with Crippen molar-refractivity contribution in [3.8, 4) is 0 Å². The first kappa shape index (κ1) is 12.5. The average molecular weight is 210 g/mol. The molecule has 1 heterocycles. The lowest BCUT2D eigenvalue weighted by atomic mass is 10.1. The molecule has 0 amide bonds. The summed E-state index contributed by atoms with van der Waals surface area (Å²) in [6, 6.07) is 0. The molecule has 2 unspecified atom stereocenters. The van der Waals surface area contributed by atoms with Gasteiger partial charge in [-0.15, -0.1) is 0 Å². The molecular weight excluding hydrogens is 188 g/mol. The van der Waals surface area contributed by atoms with Crippen LogP contribution in [0.15, 0.2) is 23.3 Å². The standard InChI is InChI=1S/C13H22O2/c1-10(2)5-4-6-11(3)7-12(14)8-13-9-15-13/h5,7,12-14H,4,6,8-9H2,1-3H3. The Balaban J connectivity index is 2.21. The average Bonchev–Trinajstić information content (AvgIpc) is 2.86. The molecule has 1 fully saturated rings. The maximum absolute atomic E-state index is 9.67. The minimum Gasteiger partial charge on any atom is -0.389 e. The lowest BCUT2D eigenvalue weighted by molar-refractivity contribution is 0.195. The molecule has 2 nitrogen and oxygen atoms in total. The molecule has 0 saturated carbocycles. The highest BCUT2D eigenvalue weighted by atomic mass is 16.6. The van der Waals surface area contributed by atoms with Gasteiger partial charge < -0.3 is 9.84 Å². The van der Waals surface area contributed by atoms with E-state index in [1.165, 1.54) is 11.1 Å². The van der Waals surface area contributed by atoms with Gasteiger partial charge in [0.1, 0.15) is 0 Å². The number of aliphatic hydroxyl groups excluding tert-OH is 1. The van der Waals surface area contributed by atoms with Crippen LogP contribution in [-0.2, 0) is 4.74 Å². The summed E-state index contributed by atoms with van der Waals surface area (Å²) in [5.74, 6) is 0. The number of hydrogen-bond donors (Lipinski definition) is 1. The van der Waals surface area contributed by atoms with Crippen molar-refractivity contribution in [1.29, 1.82) is 0 Å². The first-order chi connectivity index (χ1) is 7.08. The van der Waals surface area contributed by atoms with Gasteiger partial charge in [0.25, 0.3) is 0 Å². The second kappa shape index (κ2) is 6.09. The van der Waals surface area contributed by atoms with Gasteiger partial charge in [0.05, 0.1) is 18.8 Å². The summed E-state index contributed by atoms with van der Waals surface area (Å²) in [6.07, 6.45) is 7.02. The van der Waals surface area contributed by atoms with E-state index in [1.807, 2.05) is 6.08 Å². The molecule has 0 radical (unpaired) electrons. The number of allylic oxidation sites excluding steroid dienone is 3. The van der Waals surface area contributed by atoms with Gasteiger partial charge in [-0.3, -0.25) is 0 Å². The third-order valence-corrected chi connectivity index (χ3v) is 2.47. The molecule has 86 valence electrons. The van der Waals surface area contributed by atoms with Crippen LogP contribution < -0.4 is 0 Å². The number of epoxide rings is 1. The third kappa shape index (κ3) is 6.47. The predicted octanol–water partition coefficient (Wildman–Crippen LogP) is 2.83. The first-order valence-corrected chi connectivity index (χ1v) is 5.68. The molecule has 1 saturated heterocycles. The molecule has 0 spiro atoms. The lowest BCUT2D eigenvalue weighted by Gasteiger charge is -2.05. The molecule has 0 aromatic carbocycles. The summed E-state index contributed by atoms with van der Waals surface area (Å²) in [5.41, 5.74) is 2.62. The van der Waals surface area contributed by atoms with Gasteiger partial charge in [0.15, 0.2) is 0 Å². The van der Waals surface area contributed by atoms with Crippen LogP contribution in [0.3, 0.4) is 0 Å². The highest BCUT2D eigenvalue weighted by molar-refractivity contribution is 5.05. The smallest absolute Gasteiger partial charge is 0.0837 e. The maximum atomic E-state index is 9.67. The van der Waals surface area contributed by atoms with E-state index >= 15 is 0 Å². The number of ether oxygens (including phenoxy) is 1. The molecule has 1 rings (SSSR count). The van der Waals surface area contributed by atoms with E-state index in [0.29, 0.717) is 6.10 Å².